The number of nitriles is 1. The molecule has 2 fully saturated rings. The third kappa shape index (κ3) is 2.43. The topological polar surface area (TPSA) is 57.0 Å². The van der Waals surface area contributed by atoms with Gasteiger partial charge in [-0.25, -0.2) is 0 Å². The summed E-state index contributed by atoms with van der Waals surface area (Å²) in [6.07, 6.45) is 7.92. The lowest BCUT2D eigenvalue weighted by Gasteiger charge is -2.45. The van der Waals surface area contributed by atoms with Gasteiger partial charge in [0, 0.05) is 35.7 Å². The molecule has 140 valence electrons. The fourth-order valence-electron chi connectivity index (χ4n) is 5.48. The van der Waals surface area contributed by atoms with E-state index >= 15 is 0 Å². The Bertz CT molecular complexity index is 1030. The number of carbonyl (C=O) groups excluding carboxylic acids is 1. The molecule has 0 unspecified atom stereocenters. The zero-order valence-electron chi connectivity index (χ0n) is 16.2. The van der Waals surface area contributed by atoms with Crippen LogP contribution in [0.3, 0.4) is 0 Å². The summed E-state index contributed by atoms with van der Waals surface area (Å²) in [4.78, 5) is 19.8. The van der Waals surface area contributed by atoms with E-state index in [9.17, 15) is 10.1 Å². The summed E-state index contributed by atoms with van der Waals surface area (Å²) in [5, 5.41) is 9.58. The summed E-state index contributed by atoms with van der Waals surface area (Å²) in [5.41, 5.74) is 4.09. The van der Waals surface area contributed by atoms with Crippen molar-refractivity contribution in [1.29, 1.82) is 5.26 Å². The second-order valence-electron chi connectivity index (χ2n) is 8.51. The van der Waals surface area contributed by atoms with E-state index in [1.165, 1.54) is 0 Å². The predicted molar refractivity (Wildman–Crippen MR) is 109 cm³/mol. The van der Waals surface area contributed by atoms with E-state index in [0.29, 0.717) is 35.7 Å². The maximum Gasteiger partial charge on any atom is 0.227 e. The Morgan fingerprint density at radius 1 is 1.21 bits per heavy atom. The Hall–Kier alpha value is -2.93. The monoisotopic (exact) mass is 369 g/mol. The van der Waals surface area contributed by atoms with Crippen LogP contribution in [-0.2, 0) is 4.79 Å². The van der Waals surface area contributed by atoms with Gasteiger partial charge in [0.1, 0.15) is 0 Å². The van der Waals surface area contributed by atoms with Gasteiger partial charge in [0.15, 0.2) is 0 Å². The van der Waals surface area contributed by atoms with Gasteiger partial charge >= 0.3 is 0 Å². The summed E-state index contributed by atoms with van der Waals surface area (Å²) in [5.74, 6) is 2.05. The highest BCUT2D eigenvalue weighted by Gasteiger charge is 2.50. The molecule has 0 N–H and O–H groups in total. The van der Waals surface area contributed by atoms with Crippen LogP contribution in [0.2, 0.25) is 0 Å². The Kier molecular flexibility index (Phi) is 3.87. The van der Waals surface area contributed by atoms with Crippen LogP contribution in [0.1, 0.15) is 37.9 Å². The molecule has 2 aromatic rings. The molecule has 28 heavy (non-hydrogen) atoms. The smallest absolute Gasteiger partial charge is 0.227 e. The molecule has 1 aromatic heterocycles. The molecule has 3 heterocycles. The molecule has 1 amide bonds. The zero-order chi connectivity index (χ0) is 19.4. The average Bonchev–Trinajstić information content (AvgIpc) is 3.02. The molecule has 2 bridgehead atoms. The van der Waals surface area contributed by atoms with Crippen LogP contribution in [0.15, 0.2) is 42.6 Å². The number of aromatic nitrogens is 1. The fraction of sp³-hybridized carbons (Fsp3) is 0.375. The van der Waals surface area contributed by atoms with E-state index in [0.717, 1.165) is 28.9 Å². The summed E-state index contributed by atoms with van der Waals surface area (Å²) in [6.45, 7) is 4.62. The molecule has 0 spiro atoms. The van der Waals surface area contributed by atoms with Crippen molar-refractivity contribution < 1.29 is 4.79 Å². The van der Waals surface area contributed by atoms with E-state index in [4.69, 9.17) is 0 Å². The highest BCUT2D eigenvalue weighted by Crippen LogP contribution is 2.50. The molecule has 2 aliphatic heterocycles. The van der Waals surface area contributed by atoms with Crippen molar-refractivity contribution in [3.05, 3.63) is 53.9 Å². The van der Waals surface area contributed by atoms with Crippen molar-refractivity contribution in [3.63, 3.8) is 0 Å². The number of anilines is 1. The molecule has 0 radical (unpaired) electrons. The minimum absolute atomic E-state index is 0.193. The predicted octanol–water partition coefficient (Wildman–Crippen LogP) is 4.66. The number of rotatable bonds is 1. The molecular weight excluding hydrogens is 346 g/mol. The molecule has 5 atom stereocenters. The van der Waals surface area contributed by atoms with Gasteiger partial charge in [-0.05, 0) is 42.4 Å². The Balaban J connectivity index is 1.73. The third-order valence-electron chi connectivity index (χ3n) is 7.05. The number of benzene rings is 1. The first-order valence-electron chi connectivity index (χ1n) is 10.1. The first kappa shape index (κ1) is 17.2. The maximum absolute atomic E-state index is 13.2. The molecule has 4 nitrogen and oxygen atoms in total. The van der Waals surface area contributed by atoms with Crippen LogP contribution >= 0.6 is 0 Å². The second kappa shape index (κ2) is 6.31. The average molecular weight is 369 g/mol. The lowest BCUT2D eigenvalue weighted by Crippen LogP contribution is -2.48. The molecular formula is C24H23N3O. The molecule has 3 aliphatic rings. The third-order valence-corrected chi connectivity index (χ3v) is 7.05. The van der Waals surface area contributed by atoms with Gasteiger partial charge in [-0.2, -0.15) is 5.26 Å². The van der Waals surface area contributed by atoms with Crippen molar-refractivity contribution in [2.45, 2.75) is 32.7 Å². The number of nitrogens with zero attached hydrogens (tertiary/aromatic N) is 3. The maximum atomic E-state index is 13.2. The Morgan fingerprint density at radius 2 is 2.04 bits per heavy atom. The molecule has 4 heteroatoms. The van der Waals surface area contributed by atoms with E-state index in [1.807, 2.05) is 41.4 Å². The van der Waals surface area contributed by atoms with E-state index in [-0.39, 0.29) is 11.9 Å². The fourth-order valence-corrected chi connectivity index (χ4v) is 5.48. The summed E-state index contributed by atoms with van der Waals surface area (Å²) < 4.78 is 0. The first-order valence-corrected chi connectivity index (χ1v) is 10.1. The molecule has 1 aliphatic carbocycles. The summed E-state index contributed by atoms with van der Waals surface area (Å²) in [6, 6.07) is 12.1. The standard InChI is InChI=1S/C24H23N3O/c1-14-9-17-10-23(28)27-22-11-18(7-8-19(15(14)2)24(17)27)26-13-21(22)20-6-4-3-5-16(20)12-25/h3-8,11,13-15,17,19,24H,9-10H2,1-2H3/b8-7+/t14-,15+,17+,19-,24-/m0/s1. The summed E-state index contributed by atoms with van der Waals surface area (Å²) in [7, 11) is 0. The van der Waals surface area contributed by atoms with Crippen molar-refractivity contribution in [1.82, 2.24) is 4.98 Å². The molecule has 5 rings (SSSR count). The van der Waals surface area contributed by atoms with Gasteiger partial charge in [0.2, 0.25) is 5.91 Å². The summed E-state index contributed by atoms with van der Waals surface area (Å²) >= 11 is 0. The number of hydrogen-bond acceptors (Lipinski definition) is 3. The van der Waals surface area contributed by atoms with Crippen LogP contribution in [0, 0.1) is 35.0 Å². The number of pyridine rings is 1. The second-order valence-corrected chi connectivity index (χ2v) is 8.51. The van der Waals surface area contributed by atoms with Crippen LogP contribution in [0.5, 0.6) is 0 Å². The van der Waals surface area contributed by atoms with Gasteiger partial charge in [-0.1, -0.05) is 38.1 Å². The lowest BCUT2D eigenvalue weighted by atomic mass is 9.66. The minimum Gasteiger partial charge on any atom is -0.308 e. The first-order chi connectivity index (χ1) is 13.6. The van der Waals surface area contributed by atoms with Crippen LogP contribution in [-0.4, -0.2) is 16.9 Å². The lowest BCUT2D eigenvalue weighted by molar-refractivity contribution is -0.117. The van der Waals surface area contributed by atoms with Gasteiger partial charge < -0.3 is 4.90 Å². The zero-order valence-corrected chi connectivity index (χ0v) is 16.2. The van der Waals surface area contributed by atoms with E-state index in [2.05, 4.69) is 37.1 Å². The number of fused-ring (bicyclic) bond motifs is 3. The van der Waals surface area contributed by atoms with Gasteiger partial charge in [-0.3, -0.25) is 9.78 Å². The van der Waals surface area contributed by atoms with Gasteiger partial charge in [0.05, 0.1) is 23.0 Å². The molecule has 1 saturated heterocycles. The van der Waals surface area contributed by atoms with Crippen LogP contribution < -0.4 is 4.90 Å². The quantitative estimate of drug-likeness (QED) is 0.734. The highest BCUT2D eigenvalue weighted by atomic mass is 16.2. The van der Waals surface area contributed by atoms with Crippen molar-refractivity contribution in [2.75, 3.05) is 4.90 Å². The van der Waals surface area contributed by atoms with Crippen molar-refractivity contribution >= 4 is 17.7 Å². The Labute approximate surface area is 165 Å². The normalized spacial score (nSPS) is 31.5. The van der Waals surface area contributed by atoms with Crippen molar-refractivity contribution in [3.8, 4) is 17.2 Å². The van der Waals surface area contributed by atoms with Crippen LogP contribution in [0.4, 0.5) is 5.69 Å². The van der Waals surface area contributed by atoms with E-state index < -0.39 is 0 Å². The van der Waals surface area contributed by atoms with Crippen molar-refractivity contribution in [2.24, 2.45) is 23.7 Å². The molecule has 1 aromatic carbocycles. The number of hydrogen-bond donors (Lipinski definition) is 0. The largest absolute Gasteiger partial charge is 0.308 e. The highest BCUT2D eigenvalue weighted by molar-refractivity contribution is 6.01. The van der Waals surface area contributed by atoms with Gasteiger partial charge in [0.25, 0.3) is 0 Å². The molecule has 1 saturated carbocycles. The minimum atomic E-state index is 0.193. The Morgan fingerprint density at radius 3 is 2.86 bits per heavy atom. The number of amides is 1. The van der Waals surface area contributed by atoms with Gasteiger partial charge in [-0.15, -0.1) is 0 Å². The van der Waals surface area contributed by atoms with E-state index in [1.54, 1.807) is 0 Å². The van der Waals surface area contributed by atoms with Crippen LogP contribution in [0.25, 0.3) is 17.2 Å². The SMILES string of the molecule is C[C@H]1[C@@H]2/C=C/c3cc(c(-c4ccccc4C#N)cn3)N3C(=O)C[C@@H](C[C@@H]1C)[C@@H]23. The number of carbonyl (C=O) groups is 1.